The molecule has 3 aromatic carbocycles. The third kappa shape index (κ3) is 5.15. The molecule has 3 nitrogen and oxygen atoms in total. The molecule has 1 aromatic heterocycles. The molecule has 2 heterocycles. The Hall–Kier alpha value is -2.30. The Morgan fingerprint density at radius 1 is 0.914 bits per heavy atom. The van der Waals surface area contributed by atoms with Crippen LogP contribution in [0.15, 0.2) is 66.7 Å². The van der Waals surface area contributed by atoms with E-state index in [1.165, 1.54) is 46.2 Å². The second-order valence-electron chi connectivity index (χ2n) is 9.59. The maximum Gasteiger partial charge on any atom is 0.0610 e. The number of hydrogen-bond donors (Lipinski definition) is 1. The van der Waals surface area contributed by atoms with Crippen LogP contribution in [0.3, 0.4) is 0 Å². The maximum absolute atomic E-state index is 9.86. The first kappa shape index (κ1) is 25.8. The van der Waals surface area contributed by atoms with Crippen molar-refractivity contribution in [2.75, 3.05) is 19.7 Å². The smallest absolute Gasteiger partial charge is 0.0610 e. The monoisotopic (exact) mass is 508 g/mol. The first-order valence-electron chi connectivity index (χ1n) is 12.3. The third-order valence-electron chi connectivity index (χ3n) is 7.42. The lowest BCUT2D eigenvalue weighted by atomic mass is 9.84. The fourth-order valence-corrected chi connectivity index (χ4v) is 6.06. The highest BCUT2D eigenvalue weighted by atomic mass is 35.5. The number of halogens is 2. The lowest BCUT2D eigenvalue weighted by Gasteiger charge is -2.33. The molecule has 0 spiro atoms. The fraction of sp³-hybridized carbons (Fsp3) is 0.333. The van der Waals surface area contributed by atoms with Gasteiger partial charge < -0.3 is 9.67 Å². The summed E-state index contributed by atoms with van der Waals surface area (Å²) in [6, 6.07) is 23.4. The standard InChI is InChI=1S/C30H33ClN2O.ClH/c1-21-7-6-8-22(2)29(21)23-13-15-32(16-14-23)20-27-26-19-25(31)11-12-28(26)33(17-18-34)30(27)24-9-4-3-5-10-24;/h3-12,19,23,34H,13-18,20H2,1-2H3;1H. The number of aliphatic hydroxyl groups is 1. The number of rotatable bonds is 6. The Balaban J connectivity index is 0.00000289. The van der Waals surface area contributed by atoms with Gasteiger partial charge in [-0.05, 0) is 91.7 Å². The van der Waals surface area contributed by atoms with E-state index < -0.39 is 0 Å². The third-order valence-corrected chi connectivity index (χ3v) is 7.66. The number of nitrogens with zero attached hydrogens (tertiary/aromatic N) is 2. The molecule has 0 aliphatic carbocycles. The number of benzene rings is 3. The molecule has 35 heavy (non-hydrogen) atoms. The minimum atomic E-state index is 0. The van der Waals surface area contributed by atoms with Gasteiger partial charge in [-0.25, -0.2) is 0 Å². The minimum Gasteiger partial charge on any atom is -0.395 e. The Kier molecular flexibility index (Phi) is 8.23. The Morgan fingerprint density at radius 3 is 2.26 bits per heavy atom. The van der Waals surface area contributed by atoms with Crippen molar-refractivity contribution in [1.29, 1.82) is 0 Å². The van der Waals surface area contributed by atoms with Gasteiger partial charge in [0.05, 0.1) is 12.3 Å². The van der Waals surface area contributed by atoms with Gasteiger partial charge in [-0.2, -0.15) is 0 Å². The molecule has 1 aliphatic rings. The average Bonchev–Trinajstić information content (AvgIpc) is 3.13. The van der Waals surface area contributed by atoms with Gasteiger partial charge in [0, 0.05) is 29.0 Å². The van der Waals surface area contributed by atoms with Crippen LogP contribution in [0.5, 0.6) is 0 Å². The summed E-state index contributed by atoms with van der Waals surface area (Å²) in [5, 5.41) is 11.8. The molecule has 5 rings (SSSR count). The van der Waals surface area contributed by atoms with Gasteiger partial charge in [0.2, 0.25) is 0 Å². The van der Waals surface area contributed by atoms with Crippen LogP contribution in [0.2, 0.25) is 5.02 Å². The number of aryl methyl sites for hydroxylation is 2. The number of aliphatic hydroxyl groups excluding tert-OH is 1. The molecular weight excluding hydrogens is 475 g/mol. The summed E-state index contributed by atoms with van der Waals surface area (Å²) >= 11 is 6.46. The van der Waals surface area contributed by atoms with E-state index in [1.807, 2.05) is 6.07 Å². The van der Waals surface area contributed by atoms with E-state index in [1.54, 1.807) is 5.56 Å². The van der Waals surface area contributed by atoms with Crippen molar-refractivity contribution in [2.24, 2.45) is 0 Å². The van der Waals surface area contributed by atoms with E-state index in [0.717, 1.165) is 30.2 Å². The second kappa shape index (κ2) is 11.2. The Labute approximate surface area is 219 Å². The van der Waals surface area contributed by atoms with Gasteiger partial charge in [0.25, 0.3) is 0 Å². The largest absolute Gasteiger partial charge is 0.395 e. The van der Waals surface area contributed by atoms with E-state index >= 15 is 0 Å². The number of fused-ring (bicyclic) bond motifs is 1. The van der Waals surface area contributed by atoms with Crippen LogP contribution in [0.1, 0.15) is 41.0 Å². The van der Waals surface area contributed by atoms with E-state index in [4.69, 9.17) is 11.6 Å². The zero-order chi connectivity index (χ0) is 23.7. The van der Waals surface area contributed by atoms with Gasteiger partial charge in [0.15, 0.2) is 0 Å². The molecule has 0 bridgehead atoms. The maximum atomic E-state index is 9.86. The predicted molar refractivity (Wildman–Crippen MR) is 150 cm³/mol. The highest BCUT2D eigenvalue weighted by molar-refractivity contribution is 6.31. The van der Waals surface area contributed by atoms with Crippen LogP contribution in [0.4, 0.5) is 0 Å². The summed E-state index contributed by atoms with van der Waals surface area (Å²) in [5.74, 6) is 0.635. The van der Waals surface area contributed by atoms with E-state index in [0.29, 0.717) is 12.5 Å². The molecule has 5 heteroatoms. The van der Waals surface area contributed by atoms with Crippen molar-refractivity contribution in [3.05, 3.63) is 94.0 Å². The molecule has 1 aliphatic heterocycles. The van der Waals surface area contributed by atoms with Crippen LogP contribution in [-0.2, 0) is 13.1 Å². The normalized spacial score (nSPS) is 14.9. The van der Waals surface area contributed by atoms with Crippen LogP contribution >= 0.6 is 24.0 Å². The van der Waals surface area contributed by atoms with Gasteiger partial charge >= 0.3 is 0 Å². The van der Waals surface area contributed by atoms with Crippen molar-refractivity contribution in [1.82, 2.24) is 9.47 Å². The lowest BCUT2D eigenvalue weighted by Crippen LogP contribution is -2.33. The molecule has 0 radical (unpaired) electrons. The van der Waals surface area contributed by atoms with E-state index in [2.05, 4.69) is 84.0 Å². The number of likely N-dealkylation sites (tertiary alicyclic amines) is 1. The van der Waals surface area contributed by atoms with E-state index in [9.17, 15) is 5.11 Å². The predicted octanol–water partition coefficient (Wildman–Crippen LogP) is 7.37. The lowest BCUT2D eigenvalue weighted by molar-refractivity contribution is 0.205. The molecule has 0 saturated carbocycles. The molecule has 184 valence electrons. The van der Waals surface area contributed by atoms with Gasteiger partial charge in [0.1, 0.15) is 0 Å². The molecular formula is C30H34Cl2N2O. The van der Waals surface area contributed by atoms with Gasteiger partial charge in [-0.15, -0.1) is 12.4 Å². The van der Waals surface area contributed by atoms with Gasteiger partial charge in [-0.3, -0.25) is 4.90 Å². The summed E-state index contributed by atoms with van der Waals surface area (Å²) in [6.07, 6.45) is 2.37. The highest BCUT2D eigenvalue weighted by Crippen LogP contribution is 2.38. The molecule has 4 aromatic rings. The first-order chi connectivity index (χ1) is 16.6. The van der Waals surface area contributed by atoms with Crippen LogP contribution < -0.4 is 0 Å². The topological polar surface area (TPSA) is 28.4 Å². The zero-order valence-electron chi connectivity index (χ0n) is 20.5. The van der Waals surface area contributed by atoms with Crippen LogP contribution in [0.25, 0.3) is 22.2 Å². The summed E-state index contributed by atoms with van der Waals surface area (Å²) in [6.45, 7) is 8.23. The molecule has 1 saturated heterocycles. The Bertz CT molecular complexity index is 1270. The number of aromatic nitrogens is 1. The highest BCUT2D eigenvalue weighted by Gasteiger charge is 2.26. The number of piperidine rings is 1. The van der Waals surface area contributed by atoms with Gasteiger partial charge in [-0.1, -0.05) is 60.1 Å². The zero-order valence-corrected chi connectivity index (χ0v) is 22.1. The second-order valence-corrected chi connectivity index (χ2v) is 10.0. The summed E-state index contributed by atoms with van der Waals surface area (Å²) in [4.78, 5) is 2.59. The number of hydrogen-bond acceptors (Lipinski definition) is 2. The molecule has 1 fully saturated rings. The Morgan fingerprint density at radius 2 is 1.60 bits per heavy atom. The van der Waals surface area contributed by atoms with Crippen LogP contribution in [0, 0.1) is 13.8 Å². The summed E-state index contributed by atoms with van der Waals surface area (Å²) < 4.78 is 2.26. The SMILES string of the molecule is Cc1cccc(C)c1C1CCN(Cc2c(-c3ccccc3)n(CCO)c3ccc(Cl)cc23)CC1.Cl. The van der Waals surface area contributed by atoms with Crippen molar-refractivity contribution in [2.45, 2.75) is 45.7 Å². The van der Waals surface area contributed by atoms with E-state index in [-0.39, 0.29) is 19.0 Å². The van der Waals surface area contributed by atoms with Crippen molar-refractivity contribution in [3.8, 4) is 11.3 Å². The molecule has 0 atom stereocenters. The minimum absolute atomic E-state index is 0. The molecule has 1 N–H and O–H groups in total. The molecule has 0 amide bonds. The van der Waals surface area contributed by atoms with Crippen molar-refractivity contribution < 1.29 is 5.11 Å². The molecule has 0 unspecified atom stereocenters. The quantitative estimate of drug-likeness (QED) is 0.294. The average molecular weight is 510 g/mol. The summed E-state index contributed by atoms with van der Waals surface area (Å²) in [7, 11) is 0. The van der Waals surface area contributed by atoms with Crippen LogP contribution in [-0.4, -0.2) is 34.3 Å². The fourth-order valence-electron chi connectivity index (χ4n) is 5.89. The van der Waals surface area contributed by atoms with Crippen molar-refractivity contribution in [3.63, 3.8) is 0 Å². The summed E-state index contributed by atoms with van der Waals surface area (Å²) in [5.41, 5.74) is 9.23. The first-order valence-corrected chi connectivity index (χ1v) is 12.7. The van der Waals surface area contributed by atoms with Crippen molar-refractivity contribution >= 4 is 34.9 Å².